The zero-order valence-corrected chi connectivity index (χ0v) is 17.5. The third-order valence-corrected chi connectivity index (χ3v) is 4.49. The molecule has 1 N–H and O–H groups in total. The van der Waals surface area contributed by atoms with Gasteiger partial charge >= 0.3 is 0 Å². The minimum absolute atomic E-state index is 0.0589. The van der Waals surface area contributed by atoms with Gasteiger partial charge in [0.1, 0.15) is 11.6 Å². The lowest BCUT2D eigenvalue weighted by Crippen LogP contribution is -2.16. The van der Waals surface area contributed by atoms with Crippen LogP contribution >= 0.6 is 0 Å². The molecule has 0 radical (unpaired) electrons. The lowest BCUT2D eigenvalue weighted by atomic mass is 9.92. The Morgan fingerprint density at radius 3 is 2.52 bits per heavy atom. The van der Waals surface area contributed by atoms with Gasteiger partial charge in [0.05, 0.1) is 12.3 Å². The van der Waals surface area contributed by atoms with Gasteiger partial charge in [0, 0.05) is 24.1 Å². The summed E-state index contributed by atoms with van der Waals surface area (Å²) in [6, 6.07) is 15.4. The summed E-state index contributed by atoms with van der Waals surface area (Å²) >= 11 is 0. The number of aromatic nitrogens is 3. The van der Waals surface area contributed by atoms with Crippen LogP contribution in [0.4, 0.5) is 5.82 Å². The van der Waals surface area contributed by atoms with Gasteiger partial charge in [-0.1, -0.05) is 39.0 Å². The lowest BCUT2D eigenvalue weighted by Gasteiger charge is -2.13. The van der Waals surface area contributed by atoms with E-state index in [1.54, 1.807) is 10.9 Å². The van der Waals surface area contributed by atoms with Crippen molar-refractivity contribution in [2.45, 2.75) is 46.0 Å². The fourth-order valence-electron chi connectivity index (χ4n) is 2.87. The van der Waals surface area contributed by atoms with E-state index in [4.69, 9.17) is 4.74 Å². The van der Waals surface area contributed by atoms with Crippen LogP contribution in [-0.2, 0) is 16.6 Å². The molecule has 0 fully saturated rings. The maximum absolute atomic E-state index is 12.6. The number of ether oxygens (including phenoxy) is 1. The number of nitrogens with one attached hydrogen (secondary N) is 1. The molecule has 1 aromatic carbocycles. The number of anilines is 1. The van der Waals surface area contributed by atoms with E-state index < -0.39 is 0 Å². The Kier molecular flexibility index (Phi) is 6.32. The molecule has 3 rings (SSSR count). The first kappa shape index (κ1) is 20.6. The molecule has 0 unspecified atom stereocenters. The van der Waals surface area contributed by atoms with Crippen molar-refractivity contribution >= 4 is 11.7 Å². The van der Waals surface area contributed by atoms with E-state index in [0.29, 0.717) is 31.1 Å². The number of amides is 1. The molecule has 0 saturated carbocycles. The van der Waals surface area contributed by atoms with Gasteiger partial charge in [0.25, 0.3) is 0 Å². The van der Waals surface area contributed by atoms with Crippen molar-refractivity contribution in [1.82, 2.24) is 14.8 Å². The number of aryl methyl sites for hydroxylation is 1. The summed E-state index contributed by atoms with van der Waals surface area (Å²) in [5, 5.41) is 7.68. The zero-order chi connectivity index (χ0) is 20.9. The average molecular weight is 393 g/mol. The SMILES string of the molecule is CCOc1ccc(CCC(=O)Nc2cc(C(C)(C)C)nn2-c2ccccn2)cc1. The molecule has 0 bridgehead atoms. The van der Waals surface area contributed by atoms with Gasteiger partial charge in [0.15, 0.2) is 5.82 Å². The Labute approximate surface area is 171 Å². The monoisotopic (exact) mass is 392 g/mol. The highest BCUT2D eigenvalue weighted by atomic mass is 16.5. The van der Waals surface area contributed by atoms with Crippen molar-refractivity contribution in [3.05, 3.63) is 66.0 Å². The number of pyridine rings is 1. The van der Waals surface area contributed by atoms with Crippen LogP contribution in [0.2, 0.25) is 0 Å². The quantitative estimate of drug-likeness (QED) is 0.641. The first-order chi connectivity index (χ1) is 13.9. The van der Waals surface area contributed by atoms with E-state index in [0.717, 1.165) is 17.0 Å². The number of hydrogen-bond acceptors (Lipinski definition) is 4. The van der Waals surface area contributed by atoms with Gasteiger partial charge in [-0.05, 0) is 43.2 Å². The summed E-state index contributed by atoms with van der Waals surface area (Å²) in [5.74, 6) is 2.08. The standard InChI is InChI=1S/C23H28N4O2/c1-5-29-18-12-9-17(10-13-18)11-14-22(28)25-21-16-19(23(2,3)4)26-27(21)20-8-6-7-15-24-20/h6-10,12-13,15-16H,5,11,14H2,1-4H3,(H,25,28). The average Bonchev–Trinajstić information content (AvgIpc) is 3.12. The number of carbonyl (C=O) groups is 1. The van der Waals surface area contributed by atoms with Gasteiger partial charge in [-0.3, -0.25) is 4.79 Å². The Bertz CT molecular complexity index is 941. The van der Waals surface area contributed by atoms with Crippen LogP contribution in [0.15, 0.2) is 54.7 Å². The van der Waals surface area contributed by atoms with Crippen LogP contribution in [-0.4, -0.2) is 27.3 Å². The van der Waals surface area contributed by atoms with Crippen LogP contribution < -0.4 is 10.1 Å². The van der Waals surface area contributed by atoms with Crippen molar-refractivity contribution in [2.24, 2.45) is 0 Å². The predicted octanol–water partition coefficient (Wildman–Crippen LogP) is 4.53. The first-order valence-electron chi connectivity index (χ1n) is 9.90. The second-order valence-corrected chi connectivity index (χ2v) is 7.89. The normalized spacial score (nSPS) is 11.3. The van der Waals surface area contributed by atoms with Gasteiger partial charge in [0.2, 0.25) is 5.91 Å². The van der Waals surface area contributed by atoms with Gasteiger partial charge < -0.3 is 10.1 Å². The second-order valence-electron chi connectivity index (χ2n) is 7.89. The maximum atomic E-state index is 12.6. The van der Waals surface area contributed by atoms with E-state index in [9.17, 15) is 4.79 Å². The highest BCUT2D eigenvalue weighted by Gasteiger charge is 2.21. The van der Waals surface area contributed by atoms with Crippen molar-refractivity contribution in [2.75, 3.05) is 11.9 Å². The van der Waals surface area contributed by atoms with Crippen molar-refractivity contribution < 1.29 is 9.53 Å². The fraction of sp³-hybridized carbons (Fsp3) is 0.348. The molecule has 6 nitrogen and oxygen atoms in total. The Balaban J connectivity index is 1.71. The predicted molar refractivity (Wildman–Crippen MR) is 115 cm³/mol. The highest BCUT2D eigenvalue weighted by Crippen LogP contribution is 2.26. The number of benzene rings is 1. The number of nitrogens with zero attached hydrogens (tertiary/aromatic N) is 3. The Morgan fingerprint density at radius 1 is 1.14 bits per heavy atom. The molecule has 0 saturated heterocycles. The van der Waals surface area contributed by atoms with Gasteiger partial charge in [-0.2, -0.15) is 9.78 Å². The molecule has 29 heavy (non-hydrogen) atoms. The van der Waals surface area contributed by atoms with Crippen LogP contribution in [0.3, 0.4) is 0 Å². The molecule has 6 heteroatoms. The third-order valence-electron chi connectivity index (χ3n) is 4.49. The summed E-state index contributed by atoms with van der Waals surface area (Å²) in [6.07, 6.45) is 2.75. The number of hydrogen-bond donors (Lipinski definition) is 1. The van der Waals surface area contributed by atoms with Crippen molar-refractivity contribution in [3.63, 3.8) is 0 Å². The van der Waals surface area contributed by atoms with Crippen LogP contribution in [0.5, 0.6) is 5.75 Å². The number of carbonyl (C=O) groups excluding carboxylic acids is 1. The van der Waals surface area contributed by atoms with Crippen LogP contribution in [0, 0.1) is 0 Å². The molecular weight excluding hydrogens is 364 g/mol. The molecular formula is C23H28N4O2. The van der Waals surface area contributed by atoms with E-state index >= 15 is 0 Å². The molecule has 0 spiro atoms. The summed E-state index contributed by atoms with van der Waals surface area (Å²) in [6.45, 7) is 8.88. The molecule has 0 aliphatic heterocycles. The molecule has 152 valence electrons. The smallest absolute Gasteiger partial charge is 0.225 e. The van der Waals surface area contributed by atoms with Crippen molar-refractivity contribution in [3.8, 4) is 11.6 Å². The molecule has 3 aromatic rings. The van der Waals surface area contributed by atoms with Crippen LogP contribution in [0.1, 0.15) is 45.4 Å². The van der Waals surface area contributed by atoms with Crippen molar-refractivity contribution in [1.29, 1.82) is 0 Å². The topological polar surface area (TPSA) is 69.0 Å². The minimum Gasteiger partial charge on any atom is -0.494 e. The molecule has 2 heterocycles. The summed E-state index contributed by atoms with van der Waals surface area (Å²) < 4.78 is 7.15. The van der Waals surface area contributed by atoms with Crippen LogP contribution in [0.25, 0.3) is 5.82 Å². The second kappa shape index (κ2) is 8.90. The Hall–Kier alpha value is -3.15. The minimum atomic E-state index is -0.137. The van der Waals surface area contributed by atoms with E-state index in [1.807, 2.05) is 55.5 Å². The van der Waals surface area contributed by atoms with Gasteiger partial charge in [-0.25, -0.2) is 4.98 Å². The largest absolute Gasteiger partial charge is 0.494 e. The molecule has 2 aromatic heterocycles. The molecule has 0 atom stereocenters. The summed E-state index contributed by atoms with van der Waals surface area (Å²) in [5.41, 5.74) is 1.85. The van der Waals surface area contributed by atoms with Gasteiger partial charge in [-0.15, -0.1) is 0 Å². The number of rotatable bonds is 7. The third kappa shape index (κ3) is 5.44. The van der Waals surface area contributed by atoms with E-state index in [1.165, 1.54) is 0 Å². The first-order valence-corrected chi connectivity index (χ1v) is 9.90. The lowest BCUT2D eigenvalue weighted by molar-refractivity contribution is -0.116. The highest BCUT2D eigenvalue weighted by molar-refractivity contribution is 5.90. The Morgan fingerprint density at radius 2 is 1.90 bits per heavy atom. The molecule has 0 aliphatic rings. The maximum Gasteiger partial charge on any atom is 0.225 e. The zero-order valence-electron chi connectivity index (χ0n) is 17.5. The van der Waals surface area contributed by atoms with E-state index in [2.05, 4.69) is 36.2 Å². The fourth-order valence-corrected chi connectivity index (χ4v) is 2.87. The molecule has 1 amide bonds. The summed E-state index contributed by atoms with van der Waals surface area (Å²) in [7, 11) is 0. The summed E-state index contributed by atoms with van der Waals surface area (Å²) in [4.78, 5) is 17.0. The molecule has 0 aliphatic carbocycles. The van der Waals surface area contributed by atoms with E-state index in [-0.39, 0.29) is 11.3 Å².